The van der Waals surface area contributed by atoms with E-state index < -0.39 is 0 Å². The van der Waals surface area contributed by atoms with Crippen molar-refractivity contribution in [1.29, 1.82) is 0 Å². The van der Waals surface area contributed by atoms with Crippen LogP contribution in [0.3, 0.4) is 0 Å². The number of hydrogen-bond acceptors (Lipinski definition) is 7. The molecule has 43 heavy (non-hydrogen) atoms. The summed E-state index contributed by atoms with van der Waals surface area (Å²) in [6, 6.07) is 9.08. The minimum Gasteiger partial charge on any atom is -0.493 e. The van der Waals surface area contributed by atoms with Gasteiger partial charge in [0, 0.05) is 18.7 Å². The fourth-order valence-corrected chi connectivity index (χ4v) is 5.42. The molecule has 1 aliphatic rings. The highest BCUT2D eigenvalue weighted by Crippen LogP contribution is 2.46. The topological polar surface area (TPSA) is 104 Å². The van der Waals surface area contributed by atoms with Gasteiger partial charge in [-0.15, -0.1) is 0 Å². The van der Waals surface area contributed by atoms with Gasteiger partial charge in [-0.25, -0.2) is 0 Å². The summed E-state index contributed by atoms with van der Waals surface area (Å²) in [7, 11) is 4.63. The number of amides is 2. The smallest absolute Gasteiger partial charge is 0.252 e. The molecule has 2 amide bonds. The van der Waals surface area contributed by atoms with Crippen molar-refractivity contribution in [1.82, 2.24) is 10.6 Å². The van der Waals surface area contributed by atoms with Gasteiger partial charge in [0.15, 0.2) is 23.0 Å². The first-order valence-electron chi connectivity index (χ1n) is 15.2. The van der Waals surface area contributed by atoms with E-state index in [2.05, 4.69) is 24.5 Å². The maximum atomic E-state index is 14.1. The van der Waals surface area contributed by atoms with Crippen LogP contribution in [0.4, 0.5) is 0 Å². The van der Waals surface area contributed by atoms with Crippen LogP contribution in [0.15, 0.2) is 30.3 Å². The summed E-state index contributed by atoms with van der Waals surface area (Å²) in [5, 5.41) is 7.60. The van der Waals surface area contributed by atoms with Crippen molar-refractivity contribution in [2.45, 2.75) is 65.2 Å². The standard InChI is InChI=1S/C34H44N2O7/c1-6-8-10-12-14-35-33(37)25-16-22-17-26-27(43-21-42-26)20-24(22)30(31(25)34(38)36-15-13-11-9-7-2)23-18-28(39-3)32(41-5)29(19-23)40-4/h16-20H,6-15,21H2,1-5H3,(H,35,37)(H,36,38). The molecule has 0 spiro atoms. The molecule has 3 aromatic carbocycles. The van der Waals surface area contributed by atoms with Crippen LogP contribution in [0.25, 0.3) is 21.9 Å². The number of benzene rings is 3. The Morgan fingerprint density at radius 3 is 1.86 bits per heavy atom. The van der Waals surface area contributed by atoms with Crippen LogP contribution < -0.4 is 34.3 Å². The third kappa shape index (κ3) is 7.27. The van der Waals surface area contributed by atoms with E-state index in [0.717, 1.165) is 62.1 Å². The van der Waals surface area contributed by atoms with Gasteiger partial charge in [0.1, 0.15) is 0 Å². The molecule has 4 rings (SSSR count). The Bertz CT molecular complexity index is 1410. The number of nitrogens with one attached hydrogen (secondary N) is 2. The van der Waals surface area contributed by atoms with Gasteiger partial charge in [-0.05, 0) is 59.5 Å². The molecule has 0 radical (unpaired) electrons. The Morgan fingerprint density at radius 1 is 0.721 bits per heavy atom. The number of hydrogen-bond donors (Lipinski definition) is 2. The third-order valence-electron chi connectivity index (χ3n) is 7.69. The summed E-state index contributed by atoms with van der Waals surface area (Å²) in [5.74, 6) is 1.82. The molecule has 1 aliphatic heterocycles. The van der Waals surface area contributed by atoms with Crippen LogP contribution >= 0.6 is 0 Å². The van der Waals surface area contributed by atoms with Gasteiger partial charge in [0.05, 0.1) is 32.5 Å². The molecular weight excluding hydrogens is 548 g/mol. The zero-order valence-corrected chi connectivity index (χ0v) is 26.0. The zero-order valence-electron chi connectivity index (χ0n) is 26.0. The highest BCUT2D eigenvalue weighted by atomic mass is 16.7. The van der Waals surface area contributed by atoms with Crippen molar-refractivity contribution < 1.29 is 33.3 Å². The zero-order chi connectivity index (χ0) is 30.8. The SMILES string of the molecule is CCCCCCNC(=O)c1cc2cc3c(cc2c(-c2cc(OC)c(OC)c(OC)c2)c1C(=O)NCCCCCC)OCO3. The molecule has 0 aromatic heterocycles. The normalized spacial score (nSPS) is 11.8. The minimum atomic E-state index is -0.323. The fraction of sp³-hybridized carbons (Fsp3) is 0.471. The Hall–Kier alpha value is -4.14. The molecule has 3 aromatic rings. The maximum Gasteiger partial charge on any atom is 0.252 e. The summed E-state index contributed by atoms with van der Waals surface area (Å²) in [6.07, 6.45) is 8.17. The minimum absolute atomic E-state index is 0.0986. The quantitative estimate of drug-likeness (QED) is 0.175. The average Bonchev–Trinajstić information content (AvgIpc) is 3.49. The lowest BCUT2D eigenvalue weighted by atomic mass is 9.88. The summed E-state index contributed by atoms with van der Waals surface area (Å²) >= 11 is 0. The van der Waals surface area contributed by atoms with Crippen LogP contribution in [0.5, 0.6) is 28.7 Å². The number of methoxy groups -OCH3 is 3. The second-order valence-electron chi connectivity index (χ2n) is 10.6. The van der Waals surface area contributed by atoms with Gasteiger partial charge >= 0.3 is 0 Å². The predicted molar refractivity (Wildman–Crippen MR) is 168 cm³/mol. The van der Waals surface area contributed by atoms with E-state index in [0.29, 0.717) is 53.0 Å². The summed E-state index contributed by atoms with van der Waals surface area (Å²) in [4.78, 5) is 27.9. The number of ether oxygens (including phenoxy) is 5. The maximum absolute atomic E-state index is 14.1. The van der Waals surface area contributed by atoms with E-state index in [4.69, 9.17) is 23.7 Å². The van der Waals surface area contributed by atoms with Gasteiger partial charge in [0.2, 0.25) is 12.5 Å². The second kappa shape index (κ2) is 15.4. The molecular formula is C34H44N2O7. The first-order chi connectivity index (χ1) is 21.0. The van der Waals surface area contributed by atoms with E-state index in [-0.39, 0.29) is 29.7 Å². The lowest BCUT2D eigenvalue weighted by molar-refractivity contribution is 0.0919. The van der Waals surface area contributed by atoms with Crippen LogP contribution in [-0.4, -0.2) is 53.0 Å². The van der Waals surface area contributed by atoms with E-state index in [1.165, 1.54) is 0 Å². The third-order valence-corrected chi connectivity index (χ3v) is 7.69. The second-order valence-corrected chi connectivity index (χ2v) is 10.6. The summed E-state index contributed by atoms with van der Waals surface area (Å²) < 4.78 is 28.3. The Kier molecular flexibility index (Phi) is 11.4. The lowest BCUT2D eigenvalue weighted by Gasteiger charge is -2.20. The van der Waals surface area contributed by atoms with Gasteiger partial charge in [-0.3, -0.25) is 9.59 Å². The number of carbonyl (C=O) groups excluding carboxylic acids is 2. The van der Waals surface area contributed by atoms with E-state index in [1.807, 2.05) is 12.1 Å². The van der Waals surface area contributed by atoms with E-state index >= 15 is 0 Å². The van der Waals surface area contributed by atoms with Crippen molar-refractivity contribution in [3.63, 3.8) is 0 Å². The Labute approximate surface area is 254 Å². The molecule has 0 saturated carbocycles. The molecule has 0 fully saturated rings. The van der Waals surface area contributed by atoms with Crippen LogP contribution in [-0.2, 0) is 0 Å². The average molecular weight is 593 g/mol. The summed E-state index contributed by atoms with van der Waals surface area (Å²) in [6.45, 7) is 5.43. The molecule has 0 aliphatic carbocycles. The van der Waals surface area contributed by atoms with Crippen LogP contribution in [0, 0.1) is 0 Å². The lowest BCUT2D eigenvalue weighted by Crippen LogP contribution is -2.31. The largest absolute Gasteiger partial charge is 0.493 e. The molecule has 0 unspecified atom stereocenters. The molecule has 9 heteroatoms. The Balaban J connectivity index is 1.93. The van der Waals surface area contributed by atoms with Crippen molar-refractivity contribution in [2.24, 2.45) is 0 Å². The first kappa shape index (κ1) is 31.8. The molecule has 0 bridgehead atoms. The number of fused-ring (bicyclic) bond motifs is 2. The molecule has 0 atom stereocenters. The van der Waals surface area contributed by atoms with Crippen LogP contribution in [0.2, 0.25) is 0 Å². The van der Waals surface area contributed by atoms with Crippen molar-refractivity contribution >= 4 is 22.6 Å². The first-order valence-corrected chi connectivity index (χ1v) is 15.2. The van der Waals surface area contributed by atoms with Gasteiger partial charge in [0.25, 0.3) is 11.8 Å². The van der Waals surface area contributed by atoms with Gasteiger partial charge in [-0.1, -0.05) is 52.4 Å². The molecule has 9 nitrogen and oxygen atoms in total. The number of carbonyl (C=O) groups is 2. The molecule has 232 valence electrons. The molecule has 1 heterocycles. The van der Waals surface area contributed by atoms with E-state index in [9.17, 15) is 9.59 Å². The van der Waals surface area contributed by atoms with Crippen molar-refractivity contribution in [3.8, 4) is 39.9 Å². The fourth-order valence-electron chi connectivity index (χ4n) is 5.42. The number of unbranched alkanes of at least 4 members (excludes halogenated alkanes) is 6. The van der Waals surface area contributed by atoms with Crippen molar-refractivity contribution in [3.05, 3.63) is 41.5 Å². The molecule has 2 N–H and O–H groups in total. The van der Waals surface area contributed by atoms with Gasteiger partial charge < -0.3 is 34.3 Å². The van der Waals surface area contributed by atoms with Crippen molar-refractivity contribution in [2.75, 3.05) is 41.2 Å². The summed E-state index contributed by atoms with van der Waals surface area (Å²) in [5.41, 5.74) is 1.77. The predicted octanol–water partition coefficient (Wildman–Crippen LogP) is 6.88. The molecule has 0 saturated heterocycles. The Morgan fingerprint density at radius 2 is 1.30 bits per heavy atom. The number of rotatable bonds is 16. The van der Waals surface area contributed by atoms with E-state index in [1.54, 1.807) is 39.5 Å². The monoisotopic (exact) mass is 592 g/mol. The van der Waals surface area contributed by atoms with Crippen LogP contribution in [0.1, 0.15) is 85.9 Å². The highest BCUT2D eigenvalue weighted by molar-refractivity contribution is 6.18. The van der Waals surface area contributed by atoms with Gasteiger partial charge in [-0.2, -0.15) is 0 Å². The highest BCUT2D eigenvalue weighted by Gasteiger charge is 2.28.